The fourth-order valence-electron chi connectivity index (χ4n) is 1.27. The van der Waals surface area contributed by atoms with E-state index in [1.807, 2.05) is 6.92 Å². The Balaban J connectivity index is 2.74. The summed E-state index contributed by atoms with van der Waals surface area (Å²) in [6, 6.07) is 0. The summed E-state index contributed by atoms with van der Waals surface area (Å²) in [4.78, 5) is 14.7. The van der Waals surface area contributed by atoms with Crippen molar-refractivity contribution in [3.8, 4) is 0 Å². The molecule has 0 saturated carbocycles. The van der Waals surface area contributed by atoms with Crippen molar-refractivity contribution in [1.29, 1.82) is 0 Å². The van der Waals surface area contributed by atoms with E-state index in [-0.39, 0.29) is 5.75 Å². The van der Waals surface area contributed by atoms with E-state index in [9.17, 15) is 4.79 Å². The van der Waals surface area contributed by atoms with Crippen LogP contribution < -0.4 is 0 Å². The monoisotopic (exact) mass is 228 g/mol. The first-order chi connectivity index (χ1) is 7.00. The number of aromatic nitrogens is 2. The van der Waals surface area contributed by atoms with E-state index in [0.29, 0.717) is 5.92 Å². The van der Waals surface area contributed by atoms with Gasteiger partial charge in [-0.2, -0.15) is 0 Å². The van der Waals surface area contributed by atoms with Crippen LogP contribution >= 0.6 is 11.8 Å². The fraction of sp³-hybridized carbons (Fsp3) is 0.600. The van der Waals surface area contributed by atoms with Gasteiger partial charge in [-0.15, -0.1) is 0 Å². The Kier molecular flexibility index (Phi) is 4.20. The van der Waals surface area contributed by atoms with Gasteiger partial charge >= 0.3 is 5.97 Å². The third kappa shape index (κ3) is 3.58. The van der Waals surface area contributed by atoms with Crippen LogP contribution in [0.2, 0.25) is 0 Å². The van der Waals surface area contributed by atoms with Crippen LogP contribution in [0, 0.1) is 12.8 Å². The van der Waals surface area contributed by atoms with Gasteiger partial charge in [-0.1, -0.05) is 25.6 Å². The largest absolute Gasteiger partial charge is 0.481 e. The van der Waals surface area contributed by atoms with Crippen molar-refractivity contribution in [3.63, 3.8) is 0 Å². The quantitative estimate of drug-likeness (QED) is 0.783. The smallest absolute Gasteiger partial charge is 0.313 e. The predicted molar refractivity (Wildman–Crippen MR) is 60.2 cm³/mol. The van der Waals surface area contributed by atoms with E-state index >= 15 is 0 Å². The zero-order valence-corrected chi connectivity index (χ0v) is 10.0. The highest BCUT2D eigenvalue weighted by Crippen LogP contribution is 2.19. The van der Waals surface area contributed by atoms with Crippen molar-refractivity contribution in [1.82, 2.24) is 9.55 Å². The average molecular weight is 228 g/mol. The van der Waals surface area contributed by atoms with Crippen LogP contribution in [0.25, 0.3) is 0 Å². The number of carboxylic acids is 1. The lowest BCUT2D eigenvalue weighted by atomic mass is 10.2. The van der Waals surface area contributed by atoms with Crippen molar-refractivity contribution in [2.45, 2.75) is 32.5 Å². The Morgan fingerprint density at radius 2 is 2.33 bits per heavy atom. The van der Waals surface area contributed by atoms with E-state index in [1.54, 1.807) is 6.20 Å². The third-order valence-corrected chi connectivity index (χ3v) is 2.87. The second-order valence-corrected chi connectivity index (χ2v) is 4.81. The van der Waals surface area contributed by atoms with E-state index in [0.717, 1.165) is 17.4 Å². The van der Waals surface area contributed by atoms with Crippen LogP contribution in [0.4, 0.5) is 0 Å². The highest BCUT2D eigenvalue weighted by Gasteiger charge is 2.10. The van der Waals surface area contributed by atoms with E-state index < -0.39 is 5.97 Å². The van der Waals surface area contributed by atoms with Crippen molar-refractivity contribution in [3.05, 3.63) is 11.9 Å². The van der Waals surface area contributed by atoms with Crippen LogP contribution in [0.15, 0.2) is 11.4 Å². The third-order valence-electron chi connectivity index (χ3n) is 1.89. The highest BCUT2D eigenvalue weighted by atomic mass is 32.2. The molecule has 1 heterocycles. The molecular weight excluding hydrogens is 212 g/mol. The van der Waals surface area contributed by atoms with Gasteiger partial charge in [0.1, 0.15) is 0 Å². The Labute approximate surface area is 93.7 Å². The molecule has 0 spiro atoms. The van der Waals surface area contributed by atoms with Gasteiger partial charge in [0, 0.05) is 18.4 Å². The fourth-order valence-corrected chi connectivity index (χ4v) is 2.02. The highest BCUT2D eigenvalue weighted by molar-refractivity contribution is 7.99. The standard InChI is InChI=1S/C10H16N2O2S/c1-7(2)5-12-8(3)4-11-10(12)15-6-9(13)14/h4,7H,5-6H2,1-3H3,(H,13,14). The van der Waals surface area contributed by atoms with Crippen molar-refractivity contribution >= 4 is 17.7 Å². The number of imidazole rings is 1. The summed E-state index contributed by atoms with van der Waals surface area (Å²) in [6.07, 6.45) is 1.78. The van der Waals surface area contributed by atoms with Gasteiger partial charge in [-0.3, -0.25) is 4.79 Å². The number of nitrogens with zero attached hydrogens (tertiary/aromatic N) is 2. The minimum Gasteiger partial charge on any atom is -0.481 e. The van der Waals surface area contributed by atoms with Crippen LogP contribution in [-0.4, -0.2) is 26.4 Å². The van der Waals surface area contributed by atoms with Gasteiger partial charge in [0.15, 0.2) is 5.16 Å². The summed E-state index contributed by atoms with van der Waals surface area (Å²) in [5.41, 5.74) is 1.08. The summed E-state index contributed by atoms with van der Waals surface area (Å²) in [7, 11) is 0. The maximum Gasteiger partial charge on any atom is 0.313 e. The maximum atomic E-state index is 10.5. The summed E-state index contributed by atoms with van der Waals surface area (Å²) in [6.45, 7) is 7.13. The molecule has 0 atom stereocenters. The van der Waals surface area contributed by atoms with Crippen LogP contribution in [0.1, 0.15) is 19.5 Å². The zero-order chi connectivity index (χ0) is 11.4. The molecule has 0 fully saturated rings. The van der Waals surface area contributed by atoms with Gasteiger partial charge in [-0.25, -0.2) is 4.98 Å². The van der Waals surface area contributed by atoms with Crippen molar-refractivity contribution in [2.24, 2.45) is 5.92 Å². The lowest BCUT2D eigenvalue weighted by Gasteiger charge is -2.11. The van der Waals surface area contributed by atoms with Gasteiger partial charge in [-0.05, 0) is 12.8 Å². The van der Waals surface area contributed by atoms with Gasteiger partial charge in [0.05, 0.1) is 5.75 Å². The molecule has 0 radical (unpaired) electrons. The van der Waals surface area contributed by atoms with E-state index in [4.69, 9.17) is 5.11 Å². The first-order valence-electron chi connectivity index (χ1n) is 4.87. The van der Waals surface area contributed by atoms with Gasteiger partial charge in [0.25, 0.3) is 0 Å². The zero-order valence-electron chi connectivity index (χ0n) is 9.23. The number of aryl methyl sites for hydroxylation is 1. The number of thioether (sulfide) groups is 1. The molecule has 1 N–H and O–H groups in total. The van der Waals surface area contributed by atoms with Crippen LogP contribution in [-0.2, 0) is 11.3 Å². The Morgan fingerprint density at radius 3 is 2.87 bits per heavy atom. The van der Waals surface area contributed by atoms with Crippen molar-refractivity contribution < 1.29 is 9.90 Å². The Morgan fingerprint density at radius 1 is 1.67 bits per heavy atom. The Bertz CT molecular complexity index is 347. The summed E-state index contributed by atoms with van der Waals surface area (Å²) in [5, 5.41) is 9.39. The molecule has 4 nitrogen and oxygen atoms in total. The summed E-state index contributed by atoms with van der Waals surface area (Å²) < 4.78 is 2.07. The molecule has 0 aromatic carbocycles. The van der Waals surface area contributed by atoms with Crippen LogP contribution in [0.3, 0.4) is 0 Å². The molecule has 1 aromatic rings. The predicted octanol–water partition coefficient (Wildman–Crippen LogP) is 2.02. The number of hydrogen-bond donors (Lipinski definition) is 1. The Hall–Kier alpha value is -0.970. The molecule has 0 saturated heterocycles. The average Bonchev–Trinajstić information content (AvgIpc) is 2.44. The second-order valence-electron chi connectivity index (χ2n) is 3.87. The van der Waals surface area contributed by atoms with Crippen molar-refractivity contribution in [2.75, 3.05) is 5.75 Å². The first-order valence-corrected chi connectivity index (χ1v) is 5.86. The topological polar surface area (TPSA) is 55.1 Å². The lowest BCUT2D eigenvalue weighted by Crippen LogP contribution is -2.08. The SMILES string of the molecule is Cc1cnc(SCC(=O)O)n1CC(C)C. The molecule has 0 unspecified atom stereocenters. The summed E-state index contributed by atoms with van der Waals surface area (Å²) in [5.74, 6) is -0.215. The normalized spacial score (nSPS) is 10.9. The number of hydrogen-bond acceptors (Lipinski definition) is 3. The van der Waals surface area contributed by atoms with Gasteiger partial charge in [0.2, 0.25) is 0 Å². The van der Waals surface area contributed by atoms with E-state index in [1.165, 1.54) is 11.8 Å². The van der Waals surface area contributed by atoms with Gasteiger partial charge < -0.3 is 9.67 Å². The first kappa shape index (κ1) is 12.1. The van der Waals surface area contributed by atoms with Crippen LogP contribution in [0.5, 0.6) is 0 Å². The molecule has 15 heavy (non-hydrogen) atoms. The number of carboxylic acid groups (broad SMARTS) is 1. The second kappa shape index (κ2) is 5.21. The molecule has 0 bridgehead atoms. The van der Waals surface area contributed by atoms with E-state index in [2.05, 4.69) is 23.4 Å². The minimum atomic E-state index is -0.809. The lowest BCUT2D eigenvalue weighted by molar-refractivity contribution is -0.133. The molecular formula is C10H16N2O2S. The number of carbonyl (C=O) groups is 1. The molecule has 1 rings (SSSR count). The molecule has 0 amide bonds. The number of rotatable bonds is 5. The molecule has 0 aliphatic rings. The maximum absolute atomic E-state index is 10.5. The summed E-state index contributed by atoms with van der Waals surface area (Å²) >= 11 is 1.27. The molecule has 5 heteroatoms. The number of aliphatic carboxylic acids is 1. The molecule has 0 aliphatic carbocycles. The molecule has 0 aliphatic heterocycles. The molecule has 1 aromatic heterocycles. The minimum absolute atomic E-state index is 0.0640. The molecule has 84 valence electrons.